The molecule has 0 aromatic heterocycles. The molecule has 2 nitrogen and oxygen atoms in total. The summed E-state index contributed by atoms with van der Waals surface area (Å²) in [5.41, 5.74) is 0.0746. The summed E-state index contributed by atoms with van der Waals surface area (Å²) in [4.78, 5) is 0. The van der Waals surface area contributed by atoms with Crippen LogP contribution in [0, 0.1) is 0 Å². The molecule has 96 valence electrons. The lowest BCUT2D eigenvalue weighted by Gasteiger charge is -2.11. The average molecular weight is 248 g/mol. The molecule has 1 aromatic rings. The lowest BCUT2D eigenvalue weighted by Crippen LogP contribution is -2.88. The fraction of sp³-hybridized carbons (Fsp3) is 0.500. The van der Waals surface area contributed by atoms with Gasteiger partial charge in [0.2, 0.25) is 0 Å². The Labute approximate surface area is 98.8 Å². The maximum atomic E-state index is 12.5. The van der Waals surface area contributed by atoms with E-state index < -0.39 is 11.7 Å². The molecule has 0 radical (unpaired) electrons. The zero-order chi connectivity index (χ0) is 12.9. The van der Waals surface area contributed by atoms with Crippen molar-refractivity contribution in [1.29, 1.82) is 0 Å². The van der Waals surface area contributed by atoms with Crippen molar-refractivity contribution in [1.82, 2.24) is 0 Å². The van der Waals surface area contributed by atoms with Gasteiger partial charge in [-0.15, -0.1) is 0 Å². The van der Waals surface area contributed by atoms with Crippen LogP contribution in [0.25, 0.3) is 0 Å². The Bertz CT molecular complexity index is 352. The highest BCUT2D eigenvalue weighted by Crippen LogP contribution is 2.29. The minimum absolute atomic E-state index is 0.231. The molecule has 5 heteroatoms. The molecule has 17 heavy (non-hydrogen) atoms. The van der Waals surface area contributed by atoms with E-state index in [0.717, 1.165) is 6.07 Å². The van der Waals surface area contributed by atoms with Gasteiger partial charge in [-0.3, -0.25) is 0 Å². The van der Waals surface area contributed by atoms with E-state index in [-0.39, 0.29) is 6.04 Å². The van der Waals surface area contributed by atoms with Gasteiger partial charge in [0.25, 0.3) is 0 Å². The maximum Gasteiger partial charge on any atom is 0.416 e. The van der Waals surface area contributed by atoms with Crippen LogP contribution in [0.2, 0.25) is 0 Å². The third-order valence-electron chi connectivity index (χ3n) is 2.44. The summed E-state index contributed by atoms with van der Waals surface area (Å²) in [6.07, 6.45) is -4.27. The van der Waals surface area contributed by atoms with Crippen LogP contribution in [-0.4, -0.2) is 19.8 Å². The minimum atomic E-state index is -4.27. The molecule has 0 bridgehead atoms. The van der Waals surface area contributed by atoms with E-state index in [4.69, 9.17) is 4.74 Å². The van der Waals surface area contributed by atoms with Crippen molar-refractivity contribution >= 4 is 0 Å². The Morgan fingerprint density at radius 1 is 1.35 bits per heavy atom. The van der Waals surface area contributed by atoms with E-state index in [1.54, 1.807) is 13.2 Å². The zero-order valence-electron chi connectivity index (χ0n) is 9.92. The lowest BCUT2D eigenvalue weighted by atomic mass is 10.1. The Morgan fingerprint density at radius 2 is 2.06 bits per heavy atom. The maximum absolute atomic E-state index is 12.5. The van der Waals surface area contributed by atoms with Crippen LogP contribution in [0.15, 0.2) is 24.3 Å². The molecule has 0 aliphatic heterocycles. The molecular weight excluding hydrogens is 231 g/mol. The molecular formula is C12H17F3NO+. The average Bonchev–Trinajstić information content (AvgIpc) is 2.26. The molecule has 0 spiro atoms. The smallest absolute Gasteiger partial charge is 0.379 e. The lowest BCUT2D eigenvalue weighted by molar-refractivity contribution is -0.702. The summed E-state index contributed by atoms with van der Waals surface area (Å²) in [5.74, 6) is 0. The molecule has 0 saturated carbocycles. The van der Waals surface area contributed by atoms with Gasteiger partial charge < -0.3 is 10.1 Å². The van der Waals surface area contributed by atoms with Gasteiger partial charge in [0.1, 0.15) is 12.6 Å². The third-order valence-corrected chi connectivity index (χ3v) is 2.44. The fourth-order valence-electron chi connectivity index (χ4n) is 1.54. The zero-order valence-corrected chi connectivity index (χ0v) is 9.92. The predicted octanol–water partition coefficient (Wildman–Crippen LogP) is 1.80. The number of hydrogen-bond donors (Lipinski definition) is 1. The van der Waals surface area contributed by atoms with Crippen molar-refractivity contribution in [2.45, 2.75) is 25.7 Å². The van der Waals surface area contributed by atoms with Crippen LogP contribution in [-0.2, 0) is 17.5 Å². The summed E-state index contributed by atoms with van der Waals surface area (Å²) >= 11 is 0. The van der Waals surface area contributed by atoms with Crippen LogP contribution < -0.4 is 5.32 Å². The molecule has 1 unspecified atom stereocenters. The van der Waals surface area contributed by atoms with Crippen molar-refractivity contribution < 1.29 is 23.2 Å². The standard InChI is InChI=1S/C12H16F3NO/c1-9(8-17-2)16-7-10-4-3-5-11(6-10)12(13,14)15/h3-6,9,16H,7-8H2,1-2H3/p+1. The summed E-state index contributed by atoms with van der Waals surface area (Å²) in [5, 5.41) is 1.96. The monoisotopic (exact) mass is 248 g/mol. The highest BCUT2D eigenvalue weighted by molar-refractivity contribution is 5.24. The number of rotatable bonds is 5. The van der Waals surface area contributed by atoms with Gasteiger partial charge in [-0.2, -0.15) is 13.2 Å². The van der Waals surface area contributed by atoms with E-state index >= 15 is 0 Å². The molecule has 2 N–H and O–H groups in total. The highest BCUT2D eigenvalue weighted by Gasteiger charge is 2.30. The van der Waals surface area contributed by atoms with E-state index in [1.807, 2.05) is 12.2 Å². The molecule has 0 aliphatic rings. The number of ether oxygens (including phenoxy) is 1. The number of methoxy groups -OCH3 is 1. The molecule has 0 saturated heterocycles. The van der Waals surface area contributed by atoms with Crippen LogP contribution >= 0.6 is 0 Å². The van der Waals surface area contributed by atoms with Gasteiger partial charge >= 0.3 is 6.18 Å². The van der Waals surface area contributed by atoms with Crippen LogP contribution in [0.5, 0.6) is 0 Å². The number of alkyl halides is 3. The number of nitrogens with two attached hydrogens (primary N) is 1. The SMILES string of the molecule is COCC(C)[NH2+]Cc1cccc(C(F)(F)F)c1. The predicted molar refractivity (Wildman–Crippen MR) is 58.4 cm³/mol. The van der Waals surface area contributed by atoms with Crippen molar-refractivity contribution in [3.63, 3.8) is 0 Å². The van der Waals surface area contributed by atoms with Crippen molar-refractivity contribution in [2.75, 3.05) is 13.7 Å². The van der Waals surface area contributed by atoms with E-state index in [9.17, 15) is 13.2 Å². The first-order valence-electron chi connectivity index (χ1n) is 5.42. The summed E-state index contributed by atoms with van der Waals surface area (Å²) in [6.45, 7) is 3.07. The number of quaternary nitrogens is 1. The van der Waals surface area contributed by atoms with Gasteiger partial charge in [0.05, 0.1) is 12.2 Å². The van der Waals surface area contributed by atoms with Gasteiger partial charge in [-0.05, 0) is 19.1 Å². The second-order valence-electron chi connectivity index (χ2n) is 4.07. The molecule has 1 rings (SSSR count). The molecule has 0 aliphatic carbocycles. The van der Waals surface area contributed by atoms with Crippen LogP contribution in [0.1, 0.15) is 18.1 Å². The summed E-state index contributed by atoms with van der Waals surface area (Å²) in [6, 6.07) is 5.64. The van der Waals surface area contributed by atoms with Gasteiger partial charge in [0, 0.05) is 12.7 Å². The van der Waals surface area contributed by atoms with Gasteiger partial charge in [-0.1, -0.05) is 12.1 Å². The highest BCUT2D eigenvalue weighted by atomic mass is 19.4. The third kappa shape index (κ3) is 4.75. The molecule has 1 aromatic carbocycles. The first-order chi connectivity index (χ1) is 7.93. The van der Waals surface area contributed by atoms with Gasteiger partial charge in [-0.25, -0.2) is 0 Å². The Morgan fingerprint density at radius 3 is 2.65 bits per heavy atom. The fourth-order valence-corrected chi connectivity index (χ4v) is 1.54. The second-order valence-corrected chi connectivity index (χ2v) is 4.07. The Balaban J connectivity index is 2.60. The normalized spacial score (nSPS) is 13.7. The van der Waals surface area contributed by atoms with Crippen LogP contribution in [0.3, 0.4) is 0 Å². The molecule has 0 amide bonds. The molecule has 0 heterocycles. The Hall–Kier alpha value is -1.07. The first kappa shape index (κ1) is 14.0. The molecule has 1 atom stereocenters. The topological polar surface area (TPSA) is 25.8 Å². The minimum Gasteiger partial charge on any atom is -0.379 e. The number of hydrogen-bond acceptors (Lipinski definition) is 1. The summed E-state index contributed by atoms with van der Waals surface area (Å²) in [7, 11) is 1.61. The first-order valence-corrected chi connectivity index (χ1v) is 5.42. The van der Waals surface area contributed by atoms with Crippen molar-refractivity contribution in [3.05, 3.63) is 35.4 Å². The van der Waals surface area contributed by atoms with Crippen molar-refractivity contribution in [2.24, 2.45) is 0 Å². The van der Waals surface area contributed by atoms with Crippen molar-refractivity contribution in [3.8, 4) is 0 Å². The molecule has 0 fully saturated rings. The summed E-state index contributed by atoms with van der Waals surface area (Å²) < 4.78 is 42.3. The number of benzene rings is 1. The Kier molecular flexibility index (Phi) is 4.96. The van der Waals surface area contributed by atoms with E-state index in [1.165, 1.54) is 12.1 Å². The van der Waals surface area contributed by atoms with Gasteiger partial charge in [0.15, 0.2) is 0 Å². The quantitative estimate of drug-likeness (QED) is 0.844. The van der Waals surface area contributed by atoms with E-state index in [0.29, 0.717) is 18.7 Å². The second kappa shape index (κ2) is 6.02. The number of halogens is 3. The van der Waals surface area contributed by atoms with Crippen LogP contribution in [0.4, 0.5) is 13.2 Å². The van der Waals surface area contributed by atoms with E-state index in [2.05, 4.69) is 0 Å². The largest absolute Gasteiger partial charge is 0.416 e.